The molecule has 0 unspecified atom stereocenters. The topological polar surface area (TPSA) is 97.6 Å². The van der Waals surface area contributed by atoms with E-state index in [-0.39, 0.29) is 47.0 Å². The third-order valence-electron chi connectivity index (χ3n) is 7.42. The van der Waals surface area contributed by atoms with E-state index in [4.69, 9.17) is 30.5 Å². The van der Waals surface area contributed by atoms with E-state index in [9.17, 15) is 4.79 Å². The lowest BCUT2D eigenvalue weighted by molar-refractivity contribution is -0.0589. The number of hydrogen-bond acceptors (Lipinski definition) is 8. The molecule has 0 bridgehead atoms. The van der Waals surface area contributed by atoms with Crippen LogP contribution >= 0.6 is 11.6 Å². The van der Waals surface area contributed by atoms with Crippen molar-refractivity contribution in [2.45, 2.75) is 32.1 Å². The van der Waals surface area contributed by atoms with Crippen molar-refractivity contribution >= 4 is 28.6 Å². The summed E-state index contributed by atoms with van der Waals surface area (Å²) in [7, 11) is 2.82. The lowest BCUT2D eigenvalue weighted by Crippen LogP contribution is -2.31. The Morgan fingerprint density at radius 1 is 1.07 bits per heavy atom. The Morgan fingerprint density at radius 3 is 2.66 bits per heavy atom. The number of benzene rings is 2. The van der Waals surface area contributed by atoms with Crippen LogP contribution < -0.4 is 9.47 Å². The molecule has 44 heavy (non-hydrogen) atoms. The van der Waals surface area contributed by atoms with E-state index in [1.54, 1.807) is 42.5 Å². The van der Waals surface area contributed by atoms with Crippen LogP contribution in [0.2, 0.25) is 5.15 Å². The first kappa shape index (κ1) is 29.5. The standard InChI is InChI=1S/C32H27ClF2N4O5/c1-41-28-14-29(33)36-15-20(28)17-44-31-5-3-4-25(38-31)22-13-23(34)19(10-24(22)35)12-30-37-26-7-6-18(32(40)42-2)11-27(26)39(30)16-21-8-9-43-21/h3-7,10-11,13-15,21H,8-9,12,16-17H2,1-2H3/t21-/m0/s1. The maximum absolute atomic E-state index is 15.5. The number of halogens is 3. The molecule has 5 aromatic rings. The van der Waals surface area contributed by atoms with E-state index >= 15 is 8.78 Å². The summed E-state index contributed by atoms with van der Waals surface area (Å²) in [5.74, 6) is -0.504. The van der Waals surface area contributed by atoms with Gasteiger partial charge in [0.05, 0.1) is 49.2 Å². The van der Waals surface area contributed by atoms with Crippen LogP contribution in [0.25, 0.3) is 22.3 Å². The van der Waals surface area contributed by atoms with Crippen LogP contribution in [-0.2, 0) is 29.0 Å². The van der Waals surface area contributed by atoms with Crippen molar-refractivity contribution in [2.75, 3.05) is 20.8 Å². The summed E-state index contributed by atoms with van der Waals surface area (Å²) in [6.45, 7) is 1.20. The van der Waals surface area contributed by atoms with Crippen molar-refractivity contribution in [2.24, 2.45) is 0 Å². The molecule has 226 valence electrons. The van der Waals surface area contributed by atoms with Crippen LogP contribution in [-0.4, -0.2) is 52.4 Å². The fourth-order valence-corrected chi connectivity index (χ4v) is 5.16. The van der Waals surface area contributed by atoms with Crippen molar-refractivity contribution in [1.29, 1.82) is 0 Å². The van der Waals surface area contributed by atoms with E-state index in [0.29, 0.717) is 46.9 Å². The average molecular weight is 621 g/mol. The molecule has 0 radical (unpaired) electrons. The van der Waals surface area contributed by atoms with Crippen LogP contribution in [0, 0.1) is 11.6 Å². The molecule has 1 saturated heterocycles. The molecule has 1 fully saturated rings. The molecule has 0 saturated carbocycles. The van der Waals surface area contributed by atoms with Gasteiger partial charge in [-0.15, -0.1) is 0 Å². The summed E-state index contributed by atoms with van der Waals surface area (Å²) >= 11 is 5.93. The Bertz CT molecular complexity index is 1860. The number of aromatic nitrogens is 4. The highest BCUT2D eigenvalue weighted by Crippen LogP contribution is 2.29. The minimum atomic E-state index is -0.646. The molecule has 1 atom stereocenters. The van der Waals surface area contributed by atoms with Gasteiger partial charge in [-0.25, -0.2) is 28.5 Å². The predicted octanol–water partition coefficient (Wildman–Crippen LogP) is 6.18. The van der Waals surface area contributed by atoms with Gasteiger partial charge in [0.2, 0.25) is 5.88 Å². The second-order valence-corrected chi connectivity index (χ2v) is 10.6. The lowest BCUT2D eigenvalue weighted by atomic mass is 10.0. The maximum atomic E-state index is 15.5. The van der Waals surface area contributed by atoms with Gasteiger partial charge >= 0.3 is 5.97 Å². The van der Waals surface area contributed by atoms with Crippen LogP contribution in [0.5, 0.6) is 11.6 Å². The molecule has 6 rings (SSSR count). The number of fused-ring (bicyclic) bond motifs is 1. The monoisotopic (exact) mass is 620 g/mol. The Hall–Kier alpha value is -4.61. The molecule has 3 aromatic heterocycles. The van der Waals surface area contributed by atoms with Gasteiger partial charge in [0, 0.05) is 42.5 Å². The fraction of sp³-hybridized carbons (Fsp3) is 0.250. The zero-order valence-corrected chi connectivity index (χ0v) is 24.6. The van der Waals surface area contributed by atoms with Crippen molar-refractivity contribution < 1.29 is 32.5 Å². The summed E-state index contributed by atoms with van der Waals surface area (Å²) in [6, 6.07) is 13.7. The van der Waals surface area contributed by atoms with E-state index in [0.717, 1.165) is 18.6 Å². The van der Waals surface area contributed by atoms with E-state index in [1.165, 1.54) is 20.4 Å². The van der Waals surface area contributed by atoms with Gasteiger partial charge in [0.1, 0.15) is 35.0 Å². The second-order valence-electron chi connectivity index (χ2n) is 10.2. The first-order valence-electron chi connectivity index (χ1n) is 13.8. The minimum absolute atomic E-state index is 0.0125. The SMILES string of the molecule is COC(=O)c1ccc2nc(Cc3cc(F)c(-c4cccc(OCc5cnc(Cl)cc5OC)n4)cc3F)n(C[C@@H]3CCO3)c2c1. The third kappa shape index (κ3) is 6.06. The van der Waals surface area contributed by atoms with Gasteiger partial charge in [0.25, 0.3) is 0 Å². The number of pyridine rings is 2. The molecule has 4 heterocycles. The predicted molar refractivity (Wildman–Crippen MR) is 158 cm³/mol. The summed E-state index contributed by atoms with van der Waals surface area (Å²) in [5, 5.41) is 0.281. The number of carbonyl (C=O) groups is 1. The zero-order valence-electron chi connectivity index (χ0n) is 23.9. The highest BCUT2D eigenvalue weighted by Gasteiger charge is 2.24. The zero-order chi connectivity index (χ0) is 30.8. The Balaban J connectivity index is 1.26. The minimum Gasteiger partial charge on any atom is -0.496 e. The number of methoxy groups -OCH3 is 2. The van der Waals surface area contributed by atoms with E-state index < -0.39 is 17.6 Å². The number of imidazole rings is 1. The molecule has 2 aromatic carbocycles. The number of ether oxygens (including phenoxy) is 4. The van der Waals surface area contributed by atoms with Gasteiger partial charge < -0.3 is 23.5 Å². The highest BCUT2D eigenvalue weighted by molar-refractivity contribution is 6.29. The van der Waals surface area contributed by atoms with Crippen LogP contribution in [0.1, 0.15) is 33.7 Å². The van der Waals surface area contributed by atoms with Gasteiger partial charge in [-0.05, 0) is 48.4 Å². The normalized spacial score (nSPS) is 14.3. The van der Waals surface area contributed by atoms with Gasteiger partial charge in [0.15, 0.2) is 0 Å². The molecular weight excluding hydrogens is 594 g/mol. The molecule has 0 amide bonds. The number of carbonyl (C=O) groups excluding carboxylic acids is 1. The number of hydrogen-bond donors (Lipinski definition) is 0. The highest BCUT2D eigenvalue weighted by atomic mass is 35.5. The Kier molecular flexibility index (Phi) is 8.40. The molecule has 0 spiro atoms. The number of rotatable bonds is 10. The molecule has 0 N–H and O–H groups in total. The summed E-state index contributed by atoms with van der Waals surface area (Å²) < 4.78 is 54.5. The lowest BCUT2D eigenvalue weighted by Gasteiger charge is -2.27. The Labute approximate surface area is 256 Å². The quantitative estimate of drug-likeness (QED) is 0.135. The summed E-state index contributed by atoms with van der Waals surface area (Å²) in [5.41, 5.74) is 2.63. The van der Waals surface area contributed by atoms with Crippen LogP contribution in [0.15, 0.2) is 60.8 Å². The Morgan fingerprint density at radius 2 is 1.91 bits per heavy atom. The molecule has 0 aliphatic carbocycles. The molecule has 12 heteroatoms. The van der Waals surface area contributed by atoms with Crippen LogP contribution in [0.4, 0.5) is 8.78 Å². The number of esters is 1. The maximum Gasteiger partial charge on any atom is 0.337 e. The summed E-state index contributed by atoms with van der Waals surface area (Å²) in [4.78, 5) is 25.3. The van der Waals surface area contributed by atoms with Crippen molar-refractivity contribution in [3.05, 3.63) is 100 Å². The number of nitrogens with zero attached hydrogens (tertiary/aromatic N) is 4. The smallest absolute Gasteiger partial charge is 0.337 e. The first-order valence-corrected chi connectivity index (χ1v) is 14.2. The van der Waals surface area contributed by atoms with Crippen molar-refractivity contribution in [1.82, 2.24) is 19.5 Å². The van der Waals surface area contributed by atoms with E-state index in [2.05, 4.69) is 15.0 Å². The first-order chi connectivity index (χ1) is 21.3. The van der Waals surface area contributed by atoms with Gasteiger partial charge in [-0.2, -0.15) is 0 Å². The van der Waals surface area contributed by atoms with Gasteiger partial charge in [-0.3, -0.25) is 0 Å². The van der Waals surface area contributed by atoms with E-state index in [1.807, 2.05) is 4.57 Å². The van der Waals surface area contributed by atoms with Gasteiger partial charge in [-0.1, -0.05) is 17.7 Å². The fourth-order valence-electron chi connectivity index (χ4n) is 5.02. The largest absolute Gasteiger partial charge is 0.496 e. The summed E-state index contributed by atoms with van der Waals surface area (Å²) in [6.07, 6.45) is 2.39. The third-order valence-corrected chi connectivity index (χ3v) is 7.62. The van der Waals surface area contributed by atoms with Crippen molar-refractivity contribution in [3.63, 3.8) is 0 Å². The second kappa shape index (κ2) is 12.6. The molecule has 1 aliphatic heterocycles. The van der Waals surface area contributed by atoms with Crippen molar-refractivity contribution in [3.8, 4) is 22.9 Å². The molecule has 1 aliphatic rings. The average Bonchev–Trinajstić information content (AvgIpc) is 3.35. The van der Waals surface area contributed by atoms with Crippen LogP contribution in [0.3, 0.4) is 0 Å². The molecule has 9 nitrogen and oxygen atoms in total. The molecular formula is C32H27ClF2N4O5.